The van der Waals surface area contributed by atoms with Gasteiger partial charge in [-0.05, 0) is 13.3 Å². The summed E-state index contributed by atoms with van der Waals surface area (Å²) in [6.07, 6.45) is 2.77. The summed E-state index contributed by atoms with van der Waals surface area (Å²) in [5.74, 6) is 2.77. The van der Waals surface area contributed by atoms with Crippen LogP contribution in [0.5, 0.6) is 0 Å². The van der Waals surface area contributed by atoms with Crippen molar-refractivity contribution in [3.63, 3.8) is 0 Å². The van der Waals surface area contributed by atoms with Gasteiger partial charge >= 0.3 is 0 Å². The van der Waals surface area contributed by atoms with E-state index in [1.54, 1.807) is 0 Å². The first kappa shape index (κ1) is 10.4. The van der Waals surface area contributed by atoms with Crippen LogP contribution in [0.25, 0.3) is 0 Å². The minimum absolute atomic E-state index is 1.35. The van der Waals surface area contributed by atoms with Crippen molar-refractivity contribution in [2.24, 2.45) is 0 Å². The van der Waals surface area contributed by atoms with Gasteiger partial charge in [-0.1, -0.05) is 13.3 Å². The lowest BCUT2D eigenvalue weighted by molar-refractivity contribution is -0.923. The number of rotatable bonds is 4. The van der Waals surface area contributed by atoms with Crippen LogP contribution < -0.4 is 0 Å². The van der Waals surface area contributed by atoms with Gasteiger partial charge < -0.3 is 4.48 Å². The Hall–Kier alpha value is 0.310. The van der Waals surface area contributed by atoms with Crippen molar-refractivity contribution in [1.82, 2.24) is 0 Å². The number of hydrogen-bond acceptors (Lipinski definition) is 1. The summed E-state index contributed by atoms with van der Waals surface area (Å²) in [6.45, 7) is 10.3. The highest BCUT2D eigenvalue weighted by Gasteiger charge is 2.26. The third-order valence-electron chi connectivity index (χ3n) is 3.08. The van der Waals surface area contributed by atoms with Crippen LogP contribution in [-0.2, 0) is 0 Å². The Kier molecular flexibility index (Phi) is 4.44. The fourth-order valence-corrected chi connectivity index (χ4v) is 3.16. The Morgan fingerprint density at radius 2 is 1.83 bits per heavy atom. The molecule has 0 unspecified atom stereocenters. The summed E-state index contributed by atoms with van der Waals surface area (Å²) in [5.41, 5.74) is 0. The molecule has 72 valence electrons. The van der Waals surface area contributed by atoms with Gasteiger partial charge in [-0.15, -0.1) is 0 Å². The molecule has 12 heavy (non-hydrogen) atoms. The summed E-state index contributed by atoms with van der Waals surface area (Å²) < 4.78 is 1.40. The lowest BCUT2D eigenvalue weighted by atomic mass is 10.2. The average Bonchev–Trinajstić information content (AvgIpc) is 2.16. The molecular weight excluding hydrogens is 166 g/mol. The van der Waals surface area contributed by atoms with Gasteiger partial charge in [-0.2, -0.15) is 11.8 Å². The van der Waals surface area contributed by atoms with Crippen molar-refractivity contribution >= 4 is 11.8 Å². The molecule has 1 aliphatic rings. The van der Waals surface area contributed by atoms with Crippen LogP contribution in [0, 0.1) is 0 Å². The highest BCUT2D eigenvalue weighted by Crippen LogP contribution is 2.18. The van der Waals surface area contributed by atoms with Gasteiger partial charge in [0.15, 0.2) is 0 Å². The third kappa shape index (κ3) is 2.67. The summed E-state index contributed by atoms with van der Waals surface area (Å²) in [4.78, 5) is 0. The van der Waals surface area contributed by atoms with E-state index in [0.29, 0.717) is 0 Å². The topological polar surface area (TPSA) is 0 Å². The van der Waals surface area contributed by atoms with E-state index in [-0.39, 0.29) is 0 Å². The largest absolute Gasteiger partial charge is 0.322 e. The molecule has 0 saturated carbocycles. The van der Waals surface area contributed by atoms with Gasteiger partial charge in [0.2, 0.25) is 0 Å². The first-order valence-electron chi connectivity index (χ1n) is 5.26. The molecule has 0 radical (unpaired) electrons. The number of nitrogens with zero attached hydrogens (tertiary/aromatic N) is 1. The quantitative estimate of drug-likeness (QED) is 0.610. The SMILES string of the molecule is CCCC[N+]1(CC)CCSCC1. The Morgan fingerprint density at radius 3 is 2.33 bits per heavy atom. The van der Waals surface area contributed by atoms with E-state index in [0.717, 1.165) is 0 Å². The maximum atomic E-state index is 2.35. The van der Waals surface area contributed by atoms with E-state index in [9.17, 15) is 0 Å². The maximum Gasteiger partial charge on any atom is 0.0878 e. The van der Waals surface area contributed by atoms with Crippen LogP contribution in [0.15, 0.2) is 0 Å². The van der Waals surface area contributed by atoms with Gasteiger partial charge in [0.05, 0.1) is 26.2 Å². The Balaban J connectivity index is 2.37. The normalized spacial score (nSPS) is 22.5. The fraction of sp³-hybridized carbons (Fsp3) is 1.00. The number of thioether (sulfide) groups is 1. The van der Waals surface area contributed by atoms with Crippen molar-refractivity contribution in [2.75, 3.05) is 37.7 Å². The lowest BCUT2D eigenvalue weighted by Crippen LogP contribution is -2.53. The first-order chi connectivity index (χ1) is 5.83. The van der Waals surface area contributed by atoms with Crippen LogP contribution in [0.3, 0.4) is 0 Å². The highest BCUT2D eigenvalue weighted by molar-refractivity contribution is 7.99. The highest BCUT2D eigenvalue weighted by atomic mass is 32.2. The molecule has 0 N–H and O–H groups in total. The summed E-state index contributed by atoms with van der Waals surface area (Å²) in [7, 11) is 0. The Bertz CT molecular complexity index is 119. The molecule has 1 aliphatic heterocycles. The predicted molar refractivity (Wildman–Crippen MR) is 57.6 cm³/mol. The molecule has 1 rings (SSSR count). The first-order valence-corrected chi connectivity index (χ1v) is 6.41. The monoisotopic (exact) mass is 188 g/mol. The van der Waals surface area contributed by atoms with Crippen molar-refractivity contribution in [1.29, 1.82) is 0 Å². The molecule has 0 aromatic rings. The van der Waals surface area contributed by atoms with Crippen molar-refractivity contribution in [2.45, 2.75) is 26.7 Å². The van der Waals surface area contributed by atoms with Crippen molar-refractivity contribution < 1.29 is 4.48 Å². The second kappa shape index (κ2) is 5.13. The van der Waals surface area contributed by atoms with Crippen LogP contribution in [-0.4, -0.2) is 42.2 Å². The number of unbranched alkanes of at least 4 members (excludes halogenated alkanes) is 1. The van der Waals surface area contributed by atoms with E-state index in [1.165, 1.54) is 55.0 Å². The molecule has 0 bridgehead atoms. The Morgan fingerprint density at radius 1 is 1.17 bits per heavy atom. The lowest BCUT2D eigenvalue weighted by Gasteiger charge is -2.40. The molecule has 0 aromatic carbocycles. The summed E-state index contributed by atoms with van der Waals surface area (Å²) in [6, 6.07) is 0. The zero-order valence-electron chi connectivity index (χ0n) is 8.51. The molecule has 1 saturated heterocycles. The van der Waals surface area contributed by atoms with Gasteiger partial charge in [0.1, 0.15) is 0 Å². The van der Waals surface area contributed by atoms with Gasteiger partial charge in [0.25, 0.3) is 0 Å². The van der Waals surface area contributed by atoms with Crippen molar-refractivity contribution in [3.8, 4) is 0 Å². The van der Waals surface area contributed by atoms with Gasteiger partial charge in [-0.25, -0.2) is 0 Å². The number of hydrogen-bond donors (Lipinski definition) is 0. The zero-order chi connectivity index (χ0) is 8.86. The molecule has 1 nitrogen and oxygen atoms in total. The molecule has 0 atom stereocenters. The minimum Gasteiger partial charge on any atom is -0.322 e. The summed E-state index contributed by atoms with van der Waals surface area (Å²) in [5, 5.41) is 0. The van der Waals surface area contributed by atoms with E-state index in [4.69, 9.17) is 0 Å². The van der Waals surface area contributed by atoms with Crippen LogP contribution in [0.2, 0.25) is 0 Å². The van der Waals surface area contributed by atoms with E-state index in [2.05, 4.69) is 25.6 Å². The van der Waals surface area contributed by atoms with Gasteiger partial charge in [0, 0.05) is 11.5 Å². The van der Waals surface area contributed by atoms with E-state index in [1.807, 2.05) is 0 Å². The van der Waals surface area contributed by atoms with Crippen LogP contribution >= 0.6 is 11.8 Å². The van der Waals surface area contributed by atoms with Crippen LogP contribution in [0.4, 0.5) is 0 Å². The van der Waals surface area contributed by atoms with Crippen molar-refractivity contribution in [3.05, 3.63) is 0 Å². The van der Waals surface area contributed by atoms with E-state index >= 15 is 0 Å². The molecule has 0 aromatic heterocycles. The summed E-state index contributed by atoms with van der Waals surface area (Å²) >= 11 is 2.13. The second-order valence-corrected chi connectivity index (χ2v) is 5.02. The zero-order valence-corrected chi connectivity index (χ0v) is 9.33. The molecule has 0 aliphatic carbocycles. The number of quaternary nitrogens is 1. The van der Waals surface area contributed by atoms with Crippen LogP contribution in [0.1, 0.15) is 26.7 Å². The molecule has 0 amide bonds. The molecule has 2 heteroatoms. The smallest absolute Gasteiger partial charge is 0.0878 e. The standard InChI is InChI=1S/C10H22NS/c1-3-5-6-11(4-2)7-9-12-10-8-11/h3-10H2,1-2H3/q+1. The maximum absolute atomic E-state index is 2.35. The van der Waals surface area contributed by atoms with E-state index < -0.39 is 0 Å². The average molecular weight is 188 g/mol. The fourth-order valence-electron chi connectivity index (χ4n) is 1.92. The minimum atomic E-state index is 1.35. The predicted octanol–water partition coefficient (Wildman–Crippen LogP) is 2.37. The molecular formula is C10H22NS+. The Labute approximate surface area is 81.1 Å². The third-order valence-corrected chi connectivity index (χ3v) is 4.02. The molecule has 0 spiro atoms. The second-order valence-electron chi connectivity index (χ2n) is 3.79. The molecule has 1 heterocycles. The van der Waals surface area contributed by atoms with Gasteiger partial charge in [-0.3, -0.25) is 0 Å². The molecule has 1 fully saturated rings.